The SMILES string of the molecule is Cc1cc(OCCNCCCC(C)C)cc(C)c1Br. The van der Waals surface area contributed by atoms with Gasteiger partial charge in [0.2, 0.25) is 0 Å². The number of hydrogen-bond donors (Lipinski definition) is 1. The molecule has 0 aromatic heterocycles. The summed E-state index contributed by atoms with van der Waals surface area (Å²) in [4.78, 5) is 0. The first kappa shape index (κ1) is 16.5. The van der Waals surface area contributed by atoms with Crippen LogP contribution < -0.4 is 10.1 Å². The molecular formula is C16H26BrNO. The van der Waals surface area contributed by atoms with Crippen molar-refractivity contribution in [3.8, 4) is 5.75 Å². The predicted octanol–water partition coefficient (Wildman–Crippen LogP) is 4.47. The number of ether oxygens (including phenoxy) is 1. The number of rotatable bonds is 8. The van der Waals surface area contributed by atoms with E-state index in [1.165, 1.54) is 28.4 Å². The van der Waals surface area contributed by atoms with Gasteiger partial charge in [0, 0.05) is 11.0 Å². The van der Waals surface area contributed by atoms with Gasteiger partial charge in [-0.15, -0.1) is 0 Å². The molecule has 0 heterocycles. The molecule has 1 rings (SSSR count). The minimum atomic E-state index is 0.724. The average Bonchev–Trinajstić information content (AvgIpc) is 2.34. The molecular weight excluding hydrogens is 302 g/mol. The number of aryl methyl sites for hydroxylation is 2. The quantitative estimate of drug-likeness (QED) is 0.711. The first-order valence-corrected chi connectivity index (χ1v) is 7.90. The van der Waals surface area contributed by atoms with Crippen LogP contribution >= 0.6 is 15.9 Å². The second kappa shape index (κ2) is 8.60. The summed E-state index contributed by atoms with van der Waals surface area (Å²) in [6.07, 6.45) is 2.53. The molecule has 0 saturated carbocycles. The van der Waals surface area contributed by atoms with Gasteiger partial charge in [-0.3, -0.25) is 0 Å². The number of benzene rings is 1. The van der Waals surface area contributed by atoms with Crippen LogP contribution in [-0.2, 0) is 0 Å². The van der Waals surface area contributed by atoms with E-state index in [4.69, 9.17) is 4.74 Å². The van der Waals surface area contributed by atoms with Crippen molar-refractivity contribution in [2.45, 2.75) is 40.5 Å². The van der Waals surface area contributed by atoms with Crippen LogP contribution in [0.15, 0.2) is 16.6 Å². The van der Waals surface area contributed by atoms with Crippen molar-refractivity contribution in [1.29, 1.82) is 0 Å². The lowest BCUT2D eigenvalue weighted by atomic mass is 10.1. The second-order valence-electron chi connectivity index (χ2n) is 5.51. The van der Waals surface area contributed by atoms with E-state index in [2.05, 4.69) is 61.1 Å². The van der Waals surface area contributed by atoms with Gasteiger partial charge >= 0.3 is 0 Å². The maximum atomic E-state index is 5.77. The highest BCUT2D eigenvalue weighted by atomic mass is 79.9. The minimum Gasteiger partial charge on any atom is -0.492 e. The number of nitrogens with one attached hydrogen (secondary N) is 1. The molecule has 0 saturated heterocycles. The molecule has 0 fully saturated rings. The predicted molar refractivity (Wildman–Crippen MR) is 86.1 cm³/mol. The van der Waals surface area contributed by atoms with Crippen LogP contribution in [0.5, 0.6) is 5.75 Å². The molecule has 3 heteroatoms. The third-order valence-corrected chi connectivity index (χ3v) is 4.34. The zero-order valence-corrected chi connectivity index (χ0v) is 14.1. The first-order valence-electron chi connectivity index (χ1n) is 7.11. The van der Waals surface area contributed by atoms with Gasteiger partial charge in [0.15, 0.2) is 0 Å². The summed E-state index contributed by atoms with van der Waals surface area (Å²) in [5.41, 5.74) is 2.44. The summed E-state index contributed by atoms with van der Waals surface area (Å²) in [6.45, 7) is 11.4. The molecule has 1 N–H and O–H groups in total. The summed E-state index contributed by atoms with van der Waals surface area (Å²) in [6, 6.07) is 4.16. The van der Waals surface area contributed by atoms with Gasteiger partial charge in [0.1, 0.15) is 12.4 Å². The fraction of sp³-hybridized carbons (Fsp3) is 0.625. The molecule has 0 aliphatic carbocycles. The maximum Gasteiger partial charge on any atom is 0.119 e. The molecule has 19 heavy (non-hydrogen) atoms. The molecule has 0 aliphatic rings. The number of halogens is 1. The van der Waals surface area contributed by atoms with E-state index in [9.17, 15) is 0 Å². The Morgan fingerprint density at radius 3 is 2.37 bits per heavy atom. The van der Waals surface area contributed by atoms with Crippen molar-refractivity contribution in [1.82, 2.24) is 5.32 Å². The minimum absolute atomic E-state index is 0.724. The van der Waals surface area contributed by atoms with E-state index < -0.39 is 0 Å². The van der Waals surface area contributed by atoms with Crippen molar-refractivity contribution in [3.63, 3.8) is 0 Å². The van der Waals surface area contributed by atoms with Gasteiger partial charge in [-0.2, -0.15) is 0 Å². The molecule has 0 amide bonds. The van der Waals surface area contributed by atoms with Gasteiger partial charge in [0.05, 0.1) is 0 Å². The standard InChI is InChI=1S/C16H26BrNO/c1-12(2)6-5-7-18-8-9-19-15-10-13(3)16(17)14(4)11-15/h10-12,18H,5-9H2,1-4H3. The average molecular weight is 328 g/mol. The Hall–Kier alpha value is -0.540. The van der Waals surface area contributed by atoms with Gasteiger partial charge in [-0.1, -0.05) is 29.8 Å². The molecule has 0 spiro atoms. The van der Waals surface area contributed by atoms with Crippen molar-refractivity contribution < 1.29 is 4.74 Å². The second-order valence-corrected chi connectivity index (χ2v) is 6.30. The normalized spacial score (nSPS) is 11.1. The Morgan fingerprint density at radius 2 is 1.79 bits per heavy atom. The lowest BCUT2D eigenvalue weighted by Crippen LogP contribution is -2.22. The van der Waals surface area contributed by atoms with Gasteiger partial charge in [0.25, 0.3) is 0 Å². The fourth-order valence-corrected chi connectivity index (χ4v) is 2.22. The lowest BCUT2D eigenvalue weighted by Gasteiger charge is -2.11. The zero-order valence-electron chi connectivity index (χ0n) is 12.6. The van der Waals surface area contributed by atoms with E-state index in [0.717, 1.165) is 31.4 Å². The van der Waals surface area contributed by atoms with Crippen LogP contribution in [0.3, 0.4) is 0 Å². The summed E-state index contributed by atoms with van der Waals surface area (Å²) >= 11 is 3.57. The van der Waals surface area contributed by atoms with E-state index in [1.54, 1.807) is 0 Å². The summed E-state index contributed by atoms with van der Waals surface area (Å²) in [5, 5.41) is 3.42. The van der Waals surface area contributed by atoms with Gasteiger partial charge in [-0.25, -0.2) is 0 Å². The first-order chi connectivity index (χ1) is 9.00. The van der Waals surface area contributed by atoms with Crippen LogP contribution in [0.4, 0.5) is 0 Å². The van der Waals surface area contributed by atoms with Crippen LogP contribution in [0, 0.1) is 19.8 Å². The molecule has 0 unspecified atom stereocenters. The summed E-state index contributed by atoms with van der Waals surface area (Å²) in [5.74, 6) is 1.76. The van der Waals surface area contributed by atoms with Crippen LogP contribution in [0.25, 0.3) is 0 Å². The van der Waals surface area contributed by atoms with Crippen molar-refractivity contribution in [2.75, 3.05) is 19.7 Å². The van der Waals surface area contributed by atoms with E-state index in [-0.39, 0.29) is 0 Å². The molecule has 0 aliphatic heterocycles. The van der Waals surface area contributed by atoms with Crippen LogP contribution in [0.1, 0.15) is 37.8 Å². The molecule has 0 bridgehead atoms. The van der Waals surface area contributed by atoms with Gasteiger partial charge in [-0.05, 0) is 62.4 Å². The van der Waals surface area contributed by atoms with Crippen molar-refractivity contribution in [3.05, 3.63) is 27.7 Å². The highest BCUT2D eigenvalue weighted by molar-refractivity contribution is 9.10. The molecule has 1 aromatic carbocycles. The Bertz CT molecular complexity index is 367. The summed E-state index contributed by atoms with van der Waals surface area (Å²) < 4.78 is 6.94. The number of hydrogen-bond acceptors (Lipinski definition) is 2. The van der Waals surface area contributed by atoms with E-state index in [0.29, 0.717) is 0 Å². The Morgan fingerprint density at radius 1 is 1.16 bits per heavy atom. The topological polar surface area (TPSA) is 21.3 Å². The smallest absolute Gasteiger partial charge is 0.119 e. The fourth-order valence-electron chi connectivity index (χ4n) is 1.99. The van der Waals surface area contributed by atoms with E-state index in [1.807, 2.05) is 0 Å². The molecule has 0 atom stereocenters. The van der Waals surface area contributed by atoms with E-state index >= 15 is 0 Å². The van der Waals surface area contributed by atoms with Crippen LogP contribution in [0.2, 0.25) is 0 Å². The third-order valence-electron chi connectivity index (χ3n) is 3.09. The third kappa shape index (κ3) is 6.44. The van der Waals surface area contributed by atoms with Crippen molar-refractivity contribution in [2.24, 2.45) is 5.92 Å². The Labute approximate surface area is 126 Å². The molecule has 2 nitrogen and oxygen atoms in total. The highest BCUT2D eigenvalue weighted by Crippen LogP contribution is 2.26. The molecule has 0 radical (unpaired) electrons. The zero-order chi connectivity index (χ0) is 14.3. The van der Waals surface area contributed by atoms with Gasteiger partial charge < -0.3 is 10.1 Å². The largest absolute Gasteiger partial charge is 0.492 e. The Kier molecular flexibility index (Phi) is 7.47. The molecule has 1 aromatic rings. The molecule has 108 valence electrons. The Balaban J connectivity index is 2.19. The monoisotopic (exact) mass is 327 g/mol. The maximum absolute atomic E-state index is 5.77. The summed E-state index contributed by atoms with van der Waals surface area (Å²) in [7, 11) is 0. The highest BCUT2D eigenvalue weighted by Gasteiger charge is 2.02. The lowest BCUT2D eigenvalue weighted by molar-refractivity contribution is 0.312. The van der Waals surface area contributed by atoms with Crippen molar-refractivity contribution >= 4 is 15.9 Å². The van der Waals surface area contributed by atoms with Crippen LogP contribution in [-0.4, -0.2) is 19.7 Å².